The highest BCUT2D eigenvalue weighted by Crippen LogP contribution is 2.38. The first-order valence-electron chi connectivity index (χ1n) is 11.8. The second-order valence-corrected chi connectivity index (χ2v) is 8.74. The van der Waals surface area contributed by atoms with E-state index in [0.717, 1.165) is 53.6 Å². The summed E-state index contributed by atoms with van der Waals surface area (Å²) in [5.74, 6) is 2.97. The highest BCUT2D eigenvalue weighted by Gasteiger charge is 2.25. The Morgan fingerprint density at radius 2 is 1.74 bits per heavy atom. The van der Waals surface area contributed by atoms with Crippen LogP contribution in [0.5, 0.6) is 23.0 Å². The molecule has 1 N–H and O–H groups in total. The van der Waals surface area contributed by atoms with E-state index in [-0.39, 0.29) is 18.3 Å². The van der Waals surface area contributed by atoms with Gasteiger partial charge in [0.2, 0.25) is 0 Å². The zero-order chi connectivity index (χ0) is 24.6. The number of para-hydroxylation sites is 1. The van der Waals surface area contributed by atoms with Gasteiger partial charge in [-0.25, -0.2) is 0 Å². The lowest BCUT2D eigenvalue weighted by atomic mass is 9.93. The van der Waals surface area contributed by atoms with Crippen LogP contribution < -0.4 is 14.2 Å². The SMILES string of the molecule is COc1ccc(C2=C(C)c3ccc(O)cc3OC2)cc1.FCC1CN(CCOc2ccccc2)C1. The van der Waals surface area contributed by atoms with E-state index in [1.54, 1.807) is 19.2 Å². The van der Waals surface area contributed by atoms with Crippen molar-refractivity contribution in [3.63, 3.8) is 0 Å². The second kappa shape index (κ2) is 11.8. The molecule has 1 fully saturated rings. The van der Waals surface area contributed by atoms with Crippen LogP contribution in [0.2, 0.25) is 0 Å². The number of ether oxygens (including phenoxy) is 3. The molecule has 0 bridgehead atoms. The fraction of sp³-hybridized carbons (Fsp3) is 0.310. The van der Waals surface area contributed by atoms with E-state index in [4.69, 9.17) is 14.2 Å². The zero-order valence-corrected chi connectivity index (χ0v) is 20.2. The van der Waals surface area contributed by atoms with Gasteiger partial charge in [0.25, 0.3) is 0 Å². The van der Waals surface area contributed by atoms with E-state index in [1.165, 1.54) is 5.57 Å². The molecule has 2 aliphatic rings. The number of alkyl halides is 1. The third-order valence-corrected chi connectivity index (χ3v) is 6.30. The summed E-state index contributed by atoms with van der Waals surface area (Å²) >= 11 is 0. The van der Waals surface area contributed by atoms with Crippen molar-refractivity contribution in [3.8, 4) is 23.0 Å². The Bertz CT molecular complexity index is 1130. The lowest BCUT2D eigenvalue weighted by molar-refractivity contribution is 0.0668. The Balaban J connectivity index is 0.000000172. The van der Waals surface area contributed by atoms with Gasteiger partial charge >= 0.3 is 0 Å². The molecule has 5 rings (SSSR count). The zero-order valence-electron chi connectivity index (χ0n) is 20.2. The summed E-state index contributed by atoms with van der Waals surface area (Å²) < 4.78 is 28.6. The van der Waals surface area contributed by atoms with Crippen LogP contribution in [0.1, 0.15) is 18.1 Å². The van der Waals surface area contributed by atoms with Crippen molar-refractivity contribution in [3.05, 3.63) is 83.9 Å². The number of phenolic OH excluding ortho intramolecular Hbond substituents is 1. The van der Waals surface area contributed by atoms with Crippen LogP contribution in [0.4, 0.5) is 4.39 Å². The number of likely N-dealkylation sites (tertiary alicyclic amines) is 1. The number of benzene rings is 3. The van der Waals surface area contributed by atoms with Crippen LogP contribution in [0, 0.1) is 5.92 Å². The smallest absolute Gasteiger partial charge is 0.130 e. The van der Waals surface area contributed by atoms with E-state index in [2.05, 4.69) is 11.8 Å². The summed E-state index contributed by atoms with van der Waals surface area (Å²) in [6.45, 7) is 5.75. The molecule has 0 saturated carbocycles. The van der Waals surface area contributed by atoms with E-state index in [0.29, 0.717) is 13.2 Å². The normalized spacial score (nSPS) is 15.3. The lowest BCUT2D eigenvalue weighted by Gasteiger charge is -2.37. The summed E-state index contributed by atoms with van der Waals surface area (Å²) in [5, 5.41) is 9.51. The minimum absolute atomic E-state index is 0.184. The van der Waals surface area contributed by atoms with Crippen molar-refractivity contribution in [2.45, 2.75) is 6.92 Å². The van der Waals surface area contributed by atoms with Crippen molar-refractivity contribution in [1.82, 2.24) is 4.90 Å². The van der Waals surface area contributed by atoms with Gasteiger partial charge in [-0.15, -0.1) is 0 Å². The number of nitrogens with zero attached hydrogens (tertiary/aromatic N) is 1. The standard InChI is InChI=1S/C17H16O3.C12H16FNO/c1-11-15-8-5-13(18)9-17(15)20-10-16(11)12-3-6-14(19-2)7-4-12;13-8-11-9-14(10-11)6-7-15-12-4-2-1-3-5-12/h3-9,18H,10H2,1-2H3;1-5,11H,6-10H2. The highest BCUT2D eigenvalue weighted by atomic mass is 19.1. The molecule has 0 unspecified atom stereocenters. The average Bonchev–Trinajstić information content (AvgIpc) is 2.87. The van der Waals surface area contributed by atoms with E-state index < -0.39 is 0 Å². The van der Waals surface area contributed by atoms with Crippen molar-refractivity contribution < 1.29 is 23.7 Å². The number of hydrogen-bond acceptors (Lipinski definition) is 5. The first kappa shape index (κ1) is 24.6. The highest BCUT2D eigenvalue weighted by molar-refractivity contribution is 5.93. The molecule has 2 heterocycles. The summed E-state index contributed by atoms with van der Waals surface area (Å²) in [6, 6.07) is 23.0. The Morgan fingerprint density at radius 3 is 2.43 bits per heavy atom. The molecule has 0 atom stereocenters. The fourth-order valence-electron chi connectivity index (χ4n) is 4.22. The molecule has 1 saturated heterocycles. The summed E-state index contributed by atoms with van der Waals surface area (Å²) in [7, 11) is 1.66. The third-order valence-electron chi connectivity index (χ3n) is 6.30. The largest absolute Gasteiger partial charge is 0.508 e. The Labute approximate surface area is 206 Å². The molecule has 35 heavy (non-hydrogen) atoms. The molecule has 6 heteroatoms. The van der Waals surface area contributed by atoms with Crippen LogP contribution >= 0.6 is 0 Å². The second-order valence-electron chi connectivity index (χ2n) is 8.74. The number of allylic oxidation sites excluding steroid dienone is 1. The van der Waals surface area contributed by atoms with Gasteiger partial charge in [-0.1, -0.05) is 30.3 Å². The fourth-order valence-corrected chi connectivity index (χ4v) is 4.22. The summed E-state index contributed by atoms with van der Waals surface area (Å²) in [6.07, 6.45) is 0. The van der Waals surface area contributed by atoms with Gasteiger partial charge in [-0.2, -0.15) is 0 Å². The predicted molar refractivity (Wildman–Crippen MR) is 137 cm³/mol. The minimum atomic E-state index is -0.184. The molecule has 0 aliphatic carbocycles. The summed E-state index contributed by atoms with van der Waals surface area (Å²) in [5.41, 5.74) is 4.49. The molecular weight excluding hydrogens is 445 g/mol. The van der Waals surface area contributed by atoms with Crippen molar-refractivity contribution >= 4 is 11.1 Å². The van der Waals surface area contributed by atoms with Crippen LogP contribution in [-0.4, -0.2) is 56.6 Å². The van der Waals surface area contributed by atoms with Crippen LogP contribution in [-0.2, 0) is 0 Å². The van der Waals surface area contributed by atoms with Gasteiger partial charge in [-0.3, -0.25) is 9.29 Å². The number of rotatable bonds is 7. The molecule has 5 nitrogen and oxygen atoms in total. The first-order chi connectivity index (χ1) is 17.1. The molecular formula is C29H32FNO4. The van der Waals surface area contributed by atoms with Crippen LogP contribution in [0.3, 0.4) is 0 Å². The quantitative estimate of drug-likeness (QED) is 0.474. The maximum absolute atomic E-state index is 12.1. The van der Waals surface area contributed by atoms with Gasteiger partial charge in [0.05, 0.1) is 13.8 Å². The molecule has 2 aliphatic heterocycles. The predicted octanol–water partition coefficient (Wildman–Crippen LogP) is 5.69. The number of phenols is 1. The monoisotopic (exact) mass is 477 g/mol. The van der Waals surface area contributed by atoms with E-state index in [9.17, 15) is 9.50 Å². The van der Waals surface area contributed by atoms with Crippen LogP contribution in [0.15, 0.2) is 72.8 Å². The van der Waals surface area contributed by atoms with Gasteiger partial charge in [0.1, 0.15) is 36.2 Å². The van der Waals surface area contributed by atoms with E-state index in [1.807, 2.05) is 60.7 Å². The number of fused-ring (bicyclic) bond motifs is 1. The maximum Gasteiger partial charge on any atom is 0.130 e. The Hall–Kier alpha value is -3.51. The number of halogens is 1. The number of methoxy groups -OCH3 is 1. The first-order valence-corrected chi connectivity index (χ1v) is 11.8. The molecule has 3 aromatic rings. The average molecular weight is 478 g/mol. The van der Waals surface area contributed by atoms with Gasteiger partial charge in [-0.05, 0) is 54.5 Å². The van der Waals surface area contributed by atoms with Crippen molar-refractivity contribution in [2.24, 2.45) is 5.92 Å². The Morgan fingerprint density at radius 1 is 1.00 bits per heavy atom. The third kappa shape index (κ3) is 6.34. The number of aromatic hydroxyl groups is 1. The molecule has 0 amide bonds. The maximum atomic E-state index is 12.1. The molecule has 3 aromatic carbocycles. The van der Waals surface area contributed by atoms with Crippen molar-refractivity contribution in [2.75, 3.05) is 46.6 Å². The number of hydrogen-bond donors (Lipinski definition) is 1. The van der Waals surface area contributed by atoms with E-state index >= 15 is 0 Å². The van der Waals surface area contributed by atoms with Gasteiger partial charge < -0.3 is 19.3 Å². The van der Waals surface area contributed by atoms with Gasteiger partial charge in [0, 0.05) is 42.8 Å². The summed E-state index contributed by atoms with van der Waals surface area (Å²) in [4.78, 5) is 2.22. The van der Waals surface area contributed by atoms with Gasteiger partial charge in [0.15, 0.2) is 0 Å². The molecule has 0 radical (unpaired) electrons. The minimum Gasteiger partial charge on any atom is -0.508 e. The lowest BCUT2D eigenvalue weighted by Crippen LogP contribution is -2.49. The molecule has 184 valence electrons. The molecule has 0 aromatic heterocycles. The van der Waals surface area contributed by atoms with Crippen LogP contribution in [0.25, 0.3) is 11.1 Å². The topological polar surface area (TPSA) is 51.2 Å². The Kier molecular flexibility index (Phi) is 8.27. The molecule has 0 spiro atoms. The van der Waals surface area contributed by atoms with Crippen molar-refractivity contribution in [1.29, 1.82) is 0 Å².